The van der Waals surface area contributed by atoms with Crippen molar-refractivity contribution in [3.8, 4) is 11.1 Å². The first kappa shape index (κ1) is 30.4. The molecule has 0 unspecified atom stereocenters. The number of rotatable bonds is 6. The first-order valence-corrected chi connectivity index (χ1v) is 15.0. The fourth-order valence-electron chi connectivity index (χ4n) is 5.81. The first-order chi connectivity index (χ1) is 20.5. The highest BCUT2D eigenvalue weighted by Gasteiger charge is 2.31. The van der Waals surface area contributed by atoms with Gasteiger partial charge in [-0.15, -0.1) is 0 Å². The number of likely N-dealkylation sites (tertiary alicyclic amines) is 1. The van der Waals surface area contributed by atoms with Crippen LogP contribution >= 0.6 is 11.6 Å². The summed E-state index contributed by atoms with van der Waals surface area (Å²) in [6.45, 7) is 6.62. The molecule has 0 saturated carbocycles. The van der Waals surface area contributed by atoms with Crippen LogP contribution in [0, 0.1) is 0 Å². The van der Waals surface area contributed by atoms with E-state index in [4.69, 9.17) is 21.1 Å². The zero-order valence-corrected chi connectivity index (χ0v) is 25.8. The number of anilines is 1. The summed E-state index contributed by atoms with van der Waals surface area (Å²) in [6, 6.07) is 22.1. The lowest BCUT2D eigenvalue weighted by Gasteiger charge is -2.32. The third-order valence-corrected chi connectivity index (χ3v) is 8.23. The van der Waals surface area contributed by atoms with E-state index in [1.54, 1.807) is 31.7 Å². The standard InChI is InChI=1S/C34H38ClN3O5/c1-34(2,3)43-32(40)37(4)20-31(39)36-23-13-14-24(30(35)19-23)22-15-17-38(18-16-22)33(41)42-21-29-27-11-7-5-9-25(27)26-10-6-8-12-28(26)29/h5-14,19,22,29H,15-18,20-21H2,1-4H3,(H,36,39). The SMILES string of the molecule is CN(CC(=O)Nc1ccc(C2CCN(C(=O)OCC3c4ccccc4-c4ccccc43)CC2)c(Cl)c1)C(=O)OC(C)(C)C. The van der Waals surface area contributed by atoms with Crippen LogP contribution in [0.15, 0.2) is 66.7 Å². The van der Waals surface area contributed by atoms with Gasteiger partial charge in [-0.2, -0.15) is 0 Å². The summed E-state index contributed by atoms with van der Waals surface area (Å²) in [6.07, 6.45) is 0.661. The smallest absolute Gasteiger partial charge is 0.410 e. The molecule has 1 N–H and O–H groups in total. The number of benzene rings is 3. The van der Waals surface area contributed by atoms with Crippen molar-refractivity contribution >= 4 is 35.4 Å². The van der Waals surface area contributed by atoms with Gasteiger partial charge < -0.3 is 24.6 Å². The molecule has 1 aliphatic carbocycles. The predicted molar refractivity (Wildman–Crippen MR) is 168 cm³/mol. The summed E-state index contributed by atoms with van der Waals surface area (Å²) < 4.78 is 11.1. The minimum absolute atomic E-state index is 0.0319. The second-order valence-corrected chi connectivity index (χ2v) is 12.6. The van der Waals surface area contributed by atoms with Crippen LogP contribution in [0.2, 0.25) is 5.02 Å². The number of nitrogens with one attached hydrogen (secondary N) is 1. The van der Waals surface area contributed by atoms with Crippen LogP contribution in [0.3, 0.4) is 0 Å². The monoisotopic (exact) mass is 603 g/mol. The van der Waals surface area contributed by atoms with Crippen LogP contribution in [0.1, 0.15) is 62.1 Å². The van der Waals surface area contributed by atoms with E-state index in [2.05, 4.69) is 29.6 Å². The van der Waals surface area contributed by atoms with Crippen LogP contribution in [0.25, 0.3) is 11.1 Å². The Morgan fingerprint density at radius 2 is 1.53 bits per heavy atom. The molecule has 5 rings (SSSR count). The van der Waals surface area contributed by atoms with Crippen molar-refractivity contribution in [1.29, 1.82) is 0 Å². The summed E-state index contributed by atoms with van der Waals surface area (Å²) in [5, 5.41) is 3.34. The largest absolute Gasteiger partial charge is 0.448 e. The number of hydrogen-bond acceptors (Lipinski definition) is 5. The molecule has 3 aromatic rings. The predicted octanol–water partition coefficient (Wildman–Crippen LogP) is 7.27. The molecule has 43 heavy (non-hydrogen) atoms. The van der Waals surface area contributed by atoms with Gasteiger partial charge in [0.2, 0.25) is 5.91 Å². The average molecular weight is 604 g/mol. The Kier molecular flexibility index (Phi) is 8.97. The molecule has 1 heterocycles. The Balaban J connectivity index is 1.11. The number of carbonyl (C=O) groups excluding carboxylic acids is 3. The number of carbonyl (C=O) groups is 3. The molecular formula is C34H38ClN3O5. The van der Waals surface area contributed by atoms with Gasteiger partial charge >= 0.3 is 12.2 Å². The maximum absolute atomic E-state index is 13.0. The molecule has 3 amide bonds. The second kappa shape index (κ2) is 12.7. The number of hydrogen-bond donors (Lipinski definition) is 1. The number of amides is 3. The highest BCUT2D eigenvalue weighted by atomic mass is 35.5. The van der Waals surface area contributed by atoms with Crippen molar-refractivity contribution in [2.45, 2.75) is 51.0 Å². The lowest BCUT2D eigenvalue weighted by molar-refractivity contribution is -0.117. The molecule has 0 spiro atoms. The summed E-state index contributed by atoms with van der Waals surface area (Å²) in [4.78, 5) is 40.7. The summed E-state index contributed by atoms with van der Waals surface area (Å²) in [7, 11) is 1.51. The van der Waals surface area contributed by atoms with E-state index < -0.39 is 11.7 Å². The van der Waals surface area contributed by atoms with Gasteiger partial charge in [0.15, 0.2) is 0 Å². The maximum Gasteiger partial charge on any atom is 0.410 e. The third-order valence-electron chi connectivity index (χ3n) is 7.90. The third kappa shape index (κ3) is 7.13. The first-order valence-electron chi connectivity index (χ1n) is 14.6. The topological polar surface area (TPSA) is 88.2 Å². The van der Waals surface area contributed by atoms with Gasteiger partial charge in [0.05, 0.1) is 0 Å². The van der Waals surface area contributed by atoms with Gasteiger partial charge in [-0.1, -0.05) is 66.2 Å². The van der Waals surface area contributed by atoms with E-state index in [9.17, 15) is 14.4 Å². The Morgan fingerprint density at radius 3 is 2.12 bits per heavy atom. The highest BCUT2D eigenvalue weighted by Crippen LogP contribution is 2.44. The van der Waals surface area contributed by atoms with Crippen LogP contribution < -0.4 is 5.32 Å². The maximum atomic E-state index is 13.0. The highest BCUT2D eigenvalue weighted by molar-refractivity contribution is 6.31. The molecule has 1 fully saturated rings. The van der Waals surface area contributed by atoms with Gasteiger partial charge in [-0.05, 0) is 79.5 Å². The molecule has 0 atom stereocenters. The minimum Gasteiger partial charge on any atom is -0.448 e. The fraction of sp³-hybridized carbons (Fsp3) is 0.382. The molecule has 0 bridgehead atoms. The molecule has 1 aliphatic heterocycles. The molecule has 0 aromatic heterocycles. The van der Waals surface area contributed by atoms with Gasteiger partial charge in [0, 0.05) is 36.8 Å². The van der Waals surface area contributed by atoms with Crippen molar-refractivity contribution < 1.29 is 23.9 Å². The molecular weight excluding hydrogens is 566 g/mol. The van der Waals surface area contributed by atoms with Crippen molar-refractivity contribution in [2.24, 2.45) is 0 Å². The quantitative estimate of drug-likeness (QED) is 0.320. The molecule has 0 radical (unpaired) electrons. The van der Waals surface area contributed by atoms with Crippen molar-refractivity contribution in [3.63, 3.8) is 0 Å². The number of fused-ring (bicyclic) bond motifs is 3. The van der Waals surface area contributed by atoms with Crippen molar-refractivity contribution in [3.05, 3.63) is 88.4 Å². The minimum atomic E-state index is -0.642. The van der Waals surface area contributed by atoms with E-state index in [1.807, 2.05) is 36.4 Å². The Hall–Kier alpha value is -4.04. The number of piperidine rings is 1. The van der Waals surface area contributed by atoms with E-state index in [1.165, 1.54) is 34.2 Å². The molecule has 3 aromatic carbocycles. The number of halogens is 1. The molecule has 8 nitrogen and oxygen atoms in total. The van der Waals surface area contributed by atoms with Gasteiger partial charge in [-0.25, -0.2) is 9.59 Å². The Morgan fingerprint density at radius 1 is 0.930 bits per heavy atom. The number of ether oxygens (including phenoxy) is 2. The molecule has 9 heteroatoms. The van der Waals surface area contributed by atoms with Crippen molar-refractivity contribution in [1.82, 2.24) is 9.80 Å². The van der Waals surface area contributed by atoms with Crippen LogP contribution in [0.4, 0.5) is 15.3 Å². The van der Waals surface area contributed by atoms with Crippen LogP contribution in [0.5, 0.6) is 0 Å². The number of likely N-dealkylation sites (N-methyl/N-ethyl adjacent to an activating group) is 1. The van der Waals surface area contributed by atoms with E-state index >= 15 is 0 Å². The van der Waals surface area contributed by atoms with Gasteiger partial charge in [-0.3, -0.25) is 4.79 Å². The lowest BCUT2D eigenvalue weighted by atomic mass is 9.89. The van der Waals surface area contributed by atoms with E-state index in [0.717, 1.165) is 18.4 Å². The molecule has 2 aliphatic rings. The van der Waals surface area contributed by atoms with Gasteiger partial charge in [0.25, 0.3) is 0 Å². The van der Waals surface area contributed by atoms with Crippen LogP contribution in [-0.2, 0) is 14.3 Å². The van der Waals surface area contributed by atoms with Crippen LogP contribution in [-0.4, -0.2) is 66.8 Å². The average Bonchev–Trinajstić information content (AvgIpc) is 3.29. The summed E-state index contributed by atoms with van der Waals surface area (Å²) >= 11 is 6.64. The summed E-state index contributed by atoms with van der Waals surface area (Å²) in [5.41, 5.74) is 5.69. The Bertz CT molecular complexity index is 1460. The fourth-order valence-corrected chi connectivity index (χ4v) is 6.15. The molecule has 1 saturated heterocycles. The number of nitrogens with zero attached hydrogens (tertiary/aromatic N) is 2. The van der Waals surface area contributed by atoms with Gasteiger partial charge in [0.1, 0.15) is 18.8 Å². The van der Waals surface area contributed by atoms with E-state index in [0.29, 0.717) is 30.4 Å². The normalized spacial score (nSPS) is 15.0. The van der Waals surface area contributed by atoms with Crippen molar-refractivity contribution in [2.75, 3.05) is 38.6 Å². The lowest BCUT2D eigenvalue weighted by Crippen LogP contribution is -2.39. The second-order valence-electron chi connectivity index (χ2n) is 12.2. The Labute approximate surface area is 257 Å². The zero-order valence-electron chi connectivity index (χ0n) is 25.1. The zero-order chi connectivity index (χ0) is 30.7. The summed E-state index contributed by atoms with van der Waals surface area (Å²) in [5.74, 6) is -0.133. The van der Waals surface area contributed by atoms with E-state index in [-0.39, 0.29) is 30.4 Å². The molecule has 226 valence electrons.